The molecule has 0 aliphatic heterocycles. The molecule has 0 bridgehead atoms. The molecule has 1 amide bonds. The fraction of sp³-hybridized carbons (Fsp3) is 0.538. The summed E-state index contributed by atoms with van der Waals surface area (Å²) in [5, 5.41) is 0. The van der Waals surface area contributed by atoms with E-state index in [2.05, 4.69) is 4.98 Å². The van der Waals surface area contributed by atoms with E-state index in [-0.39, 0.29) is 0 Å². The Morgan fingerprint density at radius 1 is 1.33 bits per heavy atom. The van der Waals surface area contributed by atoms with Crippen molar-refractivity contribution in [1.82, 2.24) is 4.98 Å². The van der Waals surface area contributed by atoms with Gasteiger partial charge in [-0.05, 0) is 37.7 Å². The molecular weight excluding hydrogens is 230 g/mol. The second-order valence-electron chi connectivity index (χ2n) is 4.87. The number of rotatable bonds is 4. The van der Waals surface area contributed by atoms with Gasteiger partial charge in [0.05, 0.1) is 18.4 Å². The lowest BCUT2D eigenvalue weighted by molar-refractivity contribution is 0.0999. The van der Waals surface area contributed by atoms with Crippen LogP contribution < -0.4 is 16.2 Å². The number of hydrogen-bond acceptors (Lipinski definition) is 4. The van der Waals surface area contributed by atoms with E-state index in [1.54, 1.807) is 12.3 Å². The Hall–Kier alpha value is -1.62. The molecule has 1 saturated carbocycles. The zero-order chi connectivity index (χ0) is 13.0. The minimum atomic E-state index is -0.489. The Bertz CT molecular complexity index is 414. The number of carbonyl (C=O) groups is 1. The predicted molar refractivity (Wildman–Crippen MR) is 68.2 cm³/mol. The van der Waals surface area contributed by atoms with E-state index in [0.29, 0.717) is 29.9 Å². The molecule has 1 aromatic heterocycles. The van der Waals surface area contributed by atoms with Crippen molar-refractivity contribution in [3.8, 4) is 5.75 Å². The topological polar surface area (TPSA) is 91.2 Å². The minimum Gasteiger partial charge on any atom is -0.492 e. The van der Waals surface area contributed by atoms with Crippen LogP contribution in [0.15, 0.2) is 18.5 Å². The van der Waals surface area contributed by atoms with E-state index in [1.165, 1.54) is 6.20 Å². The van der Waals surface area contributed by atoms with Gasteiger partial charge in [0.2, 0.25) is 5.91 Å². The number of hydrogen-bond donors (Lipinski definition) is 2. The molecule has 0 atom stereocenters. The van der Waals surface area contributed by atoms with Gasteiger partial charge in [-0.15, -0.1) is 0 Å². The first kappa shape index (κ1) is 12.8. The van der Waals surface area contributed by atoms with Crippen LogP contribution in [-0.4, -0.2) is 23.5 Å². The van der Waals surface area contributed by atoms with Gasteiger partial charge in [-0.2, -0.15) is 0 Å². The highest BCUT2D eigenvalue weighted by atomic mass is 16.5. The summed E-state index contributed by atoms with van der Waals surface area (Å²) in [6.07, 6.45) is 7.37. The fourth-order valence-corrected chi connectivity index (χ4v) is 2.20. The van der Waals surface area contributed by atoms with Crippen LogP contribution in [0.2, 0.25) is 0 Å². The Morgan fingerprint density at radius 2 is 2.06 bits per heavy atom. The Balaban J connectivity index is 1.86. The molecule has 1 aliphatic carbocycles. The zero-order valence-corrected chi connectivity index (χ0v) is 10.3. The summed E-state index contributed by atoms with van der Waals surface area (Å²) in [4.78, 5) is 14.9. The first-order valence-electron chi connectivity index (χ1n) is 6.28. The molecule has 1 fully saturated rings. The first-order valence-corrected chi connectivity index (χ1v) is 6.28. The summed E-state index contributed by atoms with van der Waals surface area (Å²) in [7, 11) is 0. The molecule has 2 rings (SSSR count). The van der Waals surface area contributed by atoms with Crippen molar-refractivity contribution in [3.63, 3.8) is 0 Å². The number of carbonyl (C=O) groups excluding carboxylic acids is 1. The first-order chi connectivity index (χ1) is 8.65. The van der Waals surface area contributed by atoms with Gasteiger partial charge in [0.25, 0.3) is 0 Å². The molecule has 0 aromatic carbocycles. The number of primary amides is 1. The molecule has 0 saturated heterocycles. The number of aromatic nitrogens is 1. The molecule has 0 radical (unpaired) electrons. The predicted octanol–water partition coefficient (Wildman–Crippen LogP) is 1.08. The molecular formula is C13H19N3O2. The SMILES string of the molecule is NC(=O)c1cncc(OCC2CCC(N)CC2)c1. The summed E-state index contributed by atoms with van der Waals surface area (Å²) >= 11 is 0. The van der Waals surface area contributed by atoms with Gasteiger partial charge in [0.1, 0.15) is 5.75 Å². The van der Waals surface area contributed by atoms with Gasteiger partial charge in [0.15, 0.2) is 0 Å². The molecule has 5 nitrogen and oxygen atoms in total. The van der Waals surface area contributed by atoms with E-state index in [0.717, 1.165) is 25.7 Å². The quantitative estimate of drug-likeness (QED) is 0.835. The standard InChI is InChI=1S/C13H19N3O2/c14-11-3-1-9(2-4-11)8-18-12-5-10(13(15)17)6-16-7-12/h5-7,9,11H,1-4,8,14H2,(H2,15,17). The Kier molecular flexibility index (Phi) is 4.15. The van der Waals surface area contributed by atoms with Crippen molar-refractivity contribution in [1.29, 1.82) is 0 Å². The molecule has 1 aliphatic rings. The van der Waals surface area contributed by atoms with Crippen LogP contribution >= 0.6 is 0 Å². The third-order valence-corrected chi connectivity index (χ3v) is 3.37. The fourth-order valence-electron chi connectivity index (χ4n) is 2.20. The van der Waals surface area contributed by atoms with Gasteiger partial charge in [-0.25, -0.2) is 0 Å². The summed E-state index contributed by atoms with van der Waals surface area (Å²) < 4.78 is 5.66. The Morgan fingerprint density at radius 3 is 2.72 bits per heavy atom. The Labute approximate surface area is 107 Å². The lowest BCUT2D eigenvalue weighted by Gasteiger charge is -2.25. The highest BCUT2D eigenvalue weighted by molar-refractivity contribution is 5.92. The second kappa shape index (κ2) is 5.82. The molecule has 1 aromatic rings. The average Bonchev–Trinajstić information content (AvgIpc) is 2.38. The summed E-state index contributed by atoms with van der Waals surface area (Å²) in [5.74, 6) is 0.653. The van der Waals surface area contributed by atoms with E-state index in [9.17, 15) is 4.79 Å². The van der Waals surface area contributed by atoms with Crippen LogP contribution in [-0.2, 0) is 0 Å². The van der Waals surface area contributed by atoms with Gasteiger partial charge >= 0.3 is 0 Å². The van der Waals surface area contributed by atoms with Crippen molar-refractivity contribution in [2.75, 3.05) is 6.61 Å². The molecule has 98 valence electrons. The maximum absolute atomic E-state index is 11.0. The largest absolute Gasteiger partial charge is 0.492 e. The molecule has 18 heavy (non-hydrogen) atoms. The zero-order valence-electron chi connectivity index (χ0n) is 10.3. The van der Waals surface area contributed by atoms with E-state index < -0.39 is 5.91 Å². The van der Waals surface area contributed by atoms with Crippen LogP contribution in [0, 0.1) is 5.92 Å². The van der Waals surface area contributed by atoms with Crippen molar-refractivity contribution in [3.05, 3.63) is 24.0 Å². The maximum atomic E-state index is 11.0. The molecule has 0 spiro atoms. The van der Waals surface area contributed by atoms with E-state index in [1.807, 2.05) is 0 Å². The third-order valence-electron chi connectivity index (χ3n) is 3.37. The summed E-state index contributed by atoms with van der Waals surface area (Å²) in [5.41, 5.74) is 11.4. The molecule has 5 heteroatoms. The minimum absolute atomic E-state index is 0.348. The summed E-state index contributed by atoms with van der Waals surface area (Å²) in [6, 6.07) is 1.98. The third kappa shape index (κ3) is 3.43. The molecule has 4 N–H and O–H groups in total. The van der Waals surface area contributed by atoms with Crippen molar-refractivity contribution in [2.24, 2.45) is 17.4 Å². The number of nitrogens with two attached hydrogens (primary N) is 2. The van der Waals surface area contributed by atoms with Crippen LogP contribution in [0.1, 0.15) is 36.0 Å². The number of amides is 1. The number of nitrogens with zero attached hydrogens (tertiary/aromatic N) is 1. The lowest BCUT2D eigenvalue weighted by atomic mass is 9.87. The number of ether oxygens (including phenoxy) is 1. The van der Waals surface area contributed by atoms with Gasteiger partial charge in [-0.1, -0.05) is 0 Å². The highest BCUT2D eigenvalue weighted by Gasteiger charge is 2.19. The smallest absolute Gasteiger partial charge is 0.250 e. The van der Waals surface area contributed by atoms with Crippen LogP contribution in [0.5, 0.6) is 5.75 Å². The number of pyridine rings is 1. The molecule has 0 unspecified atom stereocenters. The monoisotopic (exact) mass is 249 g/mol. The van der Waals surface area contributed by atoms with E-state index in [4.69, 9.17) is 16.2 Å². The average molecular weight is 249 g/mol. The van der Waals surface area contributed by atoms with Gasteiger partial charge in [-0.3, -0.25) is 9.78 Å². The van der Waals surface area contributed by atoms with Crippen LogP contribution in [0.3, 0.4) is 0 Å². The van der Waals surface area contributed by atoms with Gasteiger partial charge < -0.3 is 16.2 Å². The lowest BCUT2D eigenvalue weighted by Crippen LogP contribution is -2.28. The van der Waals surface area contributed by atoms with Crippen LogP contribution in [0.25, 0.3) is 0 Å². The second-order valence-corrected chi connectivity index (χ2v) is 4.87. The van der Waals surface area contributed by atoms with Crippen molar-refractivity contribution < 1.29 is 9.53 Å². The van der Waals surface area contributed by atoms with Crippen molar-refractivity contribution >= 4 is 5.91 Å². The van der Waals surface area contributed by atoms with Crippen molar-refractivity contribution in [2.45, 2.75) is 31.7 Å². The van der Waals surface area contributed by atoms with Crippen LogP contribution in [0.4, 0.5) is 0 Å². The molecule has 1 heterocycles. The van der Waals surface area contributed by atoms with Gasteiger partial charge in [0, 0.05) is 12.2 Å². The summed E-state index contributed by atoms with van der Waals surface area (Å²) in [6.45, 7) is 0.649. The van der Waals surface area contributed by atoms with E-state index >= 15 is 0 Å². The maximum Gasteiger partial charge on any atom is 0.250 e. The highest BCUT2D eigenvalue weighted by Crippen LogP contribution is 2.24. The normalized spacial score (nSPS) is 23.6.